The van der Waals surface area contributed by atoms with E-state index in [0.717, 1.165) is 38.8 Å². The Hall–Kier alpha value is -2.34. The molecule has 0 aliphatic carbocycles. The first-order chi connectivity index (χ1) is 11.5. The first-order valence-corrected chi connectivity index (χ1v) is 8.68. The summed E-state index contributed by atoms with van der Waals surface area (Å²) < 4.78 is 7.11. The molecule has 0 saturated carbocycles. The number of aromatic nitrogens is 2. The van der Waals surface area contributed by atoms with Gasteiger partial charge in [-0.1, -0.05) is 13.3 Å². The molecular formula is C18H20N2O3S. The lowest BCUT2D eigenvalue weighted by Crippen LogP contribution is -2.06. The summed E-state index contributed by atoms with van der Waals surface area (Å²) in [6.45, 7) is 6.01. The van der Waals surface area contributed by atoms with Crippen molar-refractivity contribution in [3.8, 4) is 17.0 Å². The molecule has 0 aliphatic rings. The van der Waals surface area contributed by atoms with Crippen LogP contribution in [0.25, 0.3) is 16.2 Å². The largest absolute Gasteiger partial charge is 0.496 e. The van der Waals surface area contributed by atoms with E-state index in [2.05, 4.69) is 4.98 Å². The van der Waals surface area contributed by atoms with Crippen LogP contribution >= 0.6 is 11.3 Å². The Labute approximate surface area is 144 Å². The van der Waals surface area contributed by atoms with Crippen LogP contribution in [0, 0.1) is 13.8 Å². The van der Waals surface area contributed by atoms with Crippen molar-refractivity contribution in [2.45, 2.75) is 33.6 Å². The van der Waals surface area contributed by atoms with Crippen molar-refractivity contribution in [3.05, 3.63) is 40.0 Å². The maximum Gasteiger partial charge on any atom is 0.354 e. The number of carbonyl (C=O) groups is 1. The van der Waals surface area contributed by atoms with Crippen LogP contribution in [0.4, 0.5) is 0 Å². The maximum atomic E-state index is 11.9. The highest BCUT2D eigenvalue weighted by molar-refractivity contribution is 7.17. The number of hydrogen-bond donors (Lipinski definition) is 1. The number of ether oxygens (including phenoxy) is 1. The smallest absolute Gasteiger partial charge is 0.354 e. The third-order valence-electron chi connectivity index (χ3n) is 4.08. The van der Waals surface area contributed by atoms with E-state index in [0.29, 0.717) is 12.1 Å². The van der Waals surface area contributed by atoms with Gasteiger partial charge in [0.05, 0.1) is 18.5 Å². The molecule has 24 heavy (non-hydrogen) atoms. The summed E-state index contributed by atoms with van der Waals surface area (Å²) in [6, 6.07) is 5.90. The maximum absolute atomic E-state index is 11.9. The van der Waals surface area contributed by atoms with Crippen LogP contribution in [-0.2, 0) is 6.42 Å². The summed E-state index contributed by atoms with van der Waals surface area (Å²) in [6.07, 6.45) is 1.53. The summed E-state index contributed by atoms with van der Waals surface area (Å²) in [5, 5.41) is 9.72. The highest BCUT2D eigenvalue weighted by Crippen LogP contribution is 2.35. The minimum Gasteiger partial charge on any atom is -0.496 e. The number of hydrogen-bond acceptors (Lipinski definition) is 4. The van der Waals surface area contributed by atoms with Crippen molar-refractivity contribution in [3.63, 3.8) is 0 Å². The number of thiazole rings is 1. The van der Waals surface area contributed by atoms with Crippen molar-refractivity contribution >= 4 is 22.3 Å². The molecule has 0 radical (unpaired) electrons. The van der Waals surface area contributed by atoms with E-state index in [1.54, 1.807) is 11.5 Å². The molecular weight excluding hydrogens is 324 g/mol. The molecule has 5 nitrogen and oxygen atoms in total. The molecule has 0 bridgehead atoms. The second-order valence-corrected chi connectivity index (χ2v) is 6.95. The van der Waals surface area contributed by atoms with Crippen LogP contribution in [-0.4, -0.2) is 27.6 Å². The third-order valence-corrected chi connectivity index (χ3v) is 5.03. The minimum absolute atomic E-state index is 0.277. The Kier molecular flexibility index (Phi) is 4.32. The van der Waals surface area contributed by atoms with Crippen LogP contribution in [0.3, 0.4) is 0 Å². The quantitative estimate of drug-likeness (QED) is 0.748. The predicted molar refractivity (Wildman–Crippen MR) is 95.5 cm³/mol. The summed E-state index contributed by atoms with van der Waals surface area (Å²) in [5.41, 5.74) is 3.81. The molecule has 126 valence electrons. The molecule has 2 aromatic heterocycles. The molecule has 3 rings (SSSR count). The Bertz CT molecular complexity index is 924. The highest BCUT2D eigenvalue weighted by Gasteiger charge is 2.24. The number of imidazole rings is 1. The zero-order chi connectivity index (χ0) is 17.4. The molecule has 3 aromatic rings. The summed E-state index contributed by atoms with van der Waals surface area (Å²) in [5.74, 6) is -0.117. The SMILES string of the molecule is CCCc1nc2sc(C)c(-c3ccc(OC)c(C)c3)n2c1C(=O)O. The van der Waals surface area contributed by atoms with Gasteiger partial charge >= 0.3 is 5.97 Å². The fourth-order valence-electron chi connectivity index (χ4n) is 3.05. The molecule has 6 heteroatoms. The molecule has 0 fully saturated rings. The number of rotatable bonds is 5. The predicted octanol–water partition coefficient (Wildman–Crippen LogP) is 4.34. The van der Waals surface area contributed by atoms with E-state index in [1.165, 1.54) is 11.3 Å². The zero-order valence-electron chi connectivity index (χ0n) is 14.2. The van der Waals surface area contributed by atoms with Crippen molar-refractivity contribution in [1.82, 2.24) is 9.38 Å². The van der Waals surface area contributed by atoms with E-state index in [9.17, 15) is 9.90 Å². The average molecular weight is 344 g/mol. The van der Waals surface area contributed by atoms with Gasteiger partial charge in [0.2, 0.25) is 0 Å². The lowest BCUT2D eigenvalue weighted by molar-refractivity contribution is 0.0688. The van der Waals surface area contributed by atoms with Crippen molar-refractivity contribution in [2.24, 2.45) is 0 Å². The van der Waals surface area contributed by atoms with E-state index in [1.807, 2.05) is 39.0 Å². The number of nitrogens with zero attached hydrogens (tertiary/aromatic N) is 2. The van der Waals surface area contributed by atoms with Gasteiger partial charge in [-0.2, -0.15) is 0 Å². The fourth-order valence-corrected chi connectivity index (χ4v) is 4.06. The second-order valence-electron chi connectivity index (χ2n) is 5.77. The number of fused-ring (bicyclic) bond motifs is 1. The molecule has 2 heterocycles. The molecule has 0 aliphatic heterocycles. The molecule has 1 aromatic carbocycles. The molecule has 0 atom stereocenters. The Balaban J connectivity index is 2.29. The Morgan fingerprint density at radius 2 is 2.12 bits per heavy atom. The van der Waals surface area contributed by atoms with E-state index < -0.39 is 5.97 Å². The molecule has 0 unspecified atom stereocenters. The standard InChI is InChI=1S/C18H20N2O3S/c1-5-6-13-16(17(21)22)20-15(11(3)24-18(20)19-13)12-7-8-14(23-4)10(2)9-12/h7-9H,5-6H2,1-4H3,(H,21,22). The number of aromatic carboxylic acids is 1. The van der Waals surface area contributed by atoms with E-state index >= 15 is 0 Å². The topological polar surface area (TPSA) is 63.8 Å². The minimum atomic E-state index is -0.935. The zero-order valence-corrected chi connectivity index (χ0v) is 15.0. The molecule has 0 amide bonds. The van der Waals surface area contributed by atoms with E-state index in [4.69, 9.17) is 4.74 Å². The van der Waals surface area contributed by atoms with Gasteiger partial charge in [-0.15, -0.1) is 11.3 Å². The van der Waals surface area contributed by atoms with Crippen molar-refractivity contribution in [2.75, 3.05) is 7.11 Å². The highest BCUT2D eigenvalue weighted by atomic mass is 32.1. The first kappa shape index (κ1) is 16.5. The summed E-state index contributed by atoms with van der Waals surface area (Å²) in [4.78, 5) is 18.2. The number of methoxy groups -OCH3 is 1. The van der Waals surface area contributed by atoms with Gasteiger partial charge in [-0.3, -0.25) is 4.40 Å². The summed E-state index contributed by atoms with van der Waals surface area (Å²) >= 11 is 1.52. The first-order valence-electron chi connectivity index (χ1n) is 7.87. The van der Waals surface area contributed by atoms with Gasteiger partial charge in [0.15, 0.2) is 10.7 Å². The van der Waals surface area contributed by atoms with Crippen LogP contribution in [0.2, 0.25) is 0 Å². The molecule has 0 saturated heterocycles. The van der Waals surface area contributed by atoms with Gasteiger partial charge in [0.1, 0.15) is 5.75 Å². The molecule has 0 spiro atoms. The average Bonchev–Trinajstić information content (AvgIpc) is 3.01. The van der Waals surface area contributed by atoms with Crippen LogP contribution in [0.5, 0.6) is 5.75 Å². The van der Waals surface area contributed by atoms with Crippen LogP contribution < -0.4 is 4.74 Å². The van der Waals surface area contributed by atoms with Gasteiger partial charge in [-0.25, -0.2) is 9.78 Å². The number of carboxylic acids is 1. The van der Waals surface area contributed by atoms with Crippen molar-refractivity contribution < 1.29 is 14.6 Å². The number of carboxylic acid groups (broad SMARTS) is 1. The molecule has 1 N–H and O–H groups in total. The fraction of sp³-hybridized carbons (Fsp3) is 0.333. The lowest BCUT2D eigenvalue weighted by atomic mass is 10.1. The normalized spacial score (nSPS) is 11.2. The van der Waals surface area contributed by atoms with Gasteiger partial charge in [0.25, 0.3) is 0 Å². The van der Waals surface area contributed by atoms with Crippen molar-refractivity contribution in [1.29, 1.82) is 0 Å². The van der Waals surface area contributed by atoms with Gasteiger partial charge in [0, 0.05) is 10.4 Å². The van der Waals surface area contributed by atoms with Gasteiger partial charge in [-0.05, 0) is 44.0 Å². The van der Waals surface area contributed by atoms with E-state index in [-0.39, 0.29) is 5.69 Å². The lowest BCUT2D eigenvalue weighted by Gasteiger charge is -2.09. The van der Waals surface area contributed by atoms with Crippen LogP contribution in [0.15, 0.2) is 18.2 Å². The van der Waals surface area contributed by atoms with Gasteiger partial charge < -0.3 is 9.84 Å². The monoisotopic (exact) mass is 344 g/mol. The number of benzene rings is 1. The third kappa shape index (κ3) is 2.57. The second kappa shape index (κ2) is 6.28. The number of aryl methyl sites for hydroxylation is 3. The summed E-state index contributed by atoms with van der Waals surface area (Å²) in [7, 11) is 1.64. The Morgan fingerprint density at radius 1 is 1.38 bits per heavy atom. The Morgan fingerprint density at radius 3 is 2.71 bits per heavy atom. The van der Waals surface area contributed by atoms with Crippen LogP contribution in [0.1, 0.15) is 40.0 Å².